The summed E-state index contributed by atoms with van der Waals surface area (Å²) in [6, 6.07) is 7.62. The molecule has 2 nitrogen and oxygen atoms in total. The molecule has 0 unspecified atom stereocenters. The zero-order valence-electron chi connectivity index (χ0n) is 12.1. The van der Waals surface area contributed by atoms with Crippen molar-refractivity contribution in [1.82, 2.24) is 0 Å². The lowest BCUT2D eigenvalue weighted by molar-refractivity contribution is 0.304. The van der Waals surface area contributed by atoms with Gasteiger partial charge in [-0.05, 0) is 30.7 Å². The molecule has 1 aromatic carbocycles. The first-order valence-electron chi connectivity index (χ1n) is 7.31. The van der Waals surface area contributed by atoms with Crippen molar-refractivity contribution in [3.63, 3.8) is 0 Å². The monoisotopic (exact) mass is 285 g/mol. The first-order chi connectivity index (χ1) is 8.83. The van der Waals surface area contributed by atoms with E-state index in [9.17, 15) is 0 Å². The van der Waals surface area contributed by atoms with Crippen LogP contribution in [0, 0.1) is 0 Å². The van der Waals surface area contributed by atoms with Crippen molar-refractivity contribution in [3.05, 3.63) is 24.3 Å². The Bertz CT molecular complexity index is 300. The Hall–Kier alpha value is -0.890. The zero-order valence-corrected chi connectivity index (χ0v) is 12.9. The molecule has 0 spiro atoms. The summed E-state index contributed by atoms with van der Waals surface area (Å²) in [5.41, 5.74) is 6.40. The molecule has 1 aromatic rings. The Kier molecular flexibility index (Phi) is 11.6. The van der Waals surface area contributed by atoms with Crippen LogP contribution in [0.15, 0.2) is 24.3 Å². The third kappa shape index (κ3) is 9.66. The number of hydrogen-bond donors (Lipinski definition) is 1. The van der Waals surface area contributed by atoms with E-state index in [1.807, 2.05) is 24.3 Å². The summed E-state index contributed by atoms with van der Waals surface area (Å²) < 4.78 is 5.65. The lowest BCUT2D eigenvalue weighted by Crippen LogP contribution is -1.97. The molecule has 0 aromatic heterocycles. The van der Waals surface area contributed by atoms with E-state index in [-0.39, 0.29) is 12.4 Å². The molecule has 1 rings (SSSR count). The summed E-state index contributed by atoms with van der Waals surface area (Å²) in [4.78, 5) is 0. The van der Waals surface area contributed by atoms with E-state index in [1.54, 1.807) is 0 Å². The predicted molar refractivity (Wildman–Crippen MR) is 86.2 cm³/mol. The minimum absolute atomic E-state index is 0. The van der Waals surface area contributed by atoms with E-state index in [1.165, 1.54) is 44.9 Å². The highest BCUT2D eigenvalue weighted by Crippen LogP contribution is 2.14. The molecule has 2 N–H and O–H groups in total. The molecule has 0 aliphatic heterocycles. The van der Waals surface area contributed by atoms with Crippen LogP contribution in [-0.4, -0.2) is 6.61 Å². The van der Waals surface area contributed by atoms with Crippen LogP contribution in [0.1, 0.15) is 58.3 Å². The van der Waals surface area contributed by atoms with Crippen LogP contribution >= 0.6 is 12.4 Å². The highest BCUT2D eigenvalue weighted by molar-refractivity contribution is 5.85. The minimum atomic E-state index is 0. The van der Waals surface area contributed by atoms with E-state index < -0.39 is 0 Å². The van der Waals surface area contributed by atoms with Gasteiger partial charge in [-0.15, -0.1) is 12.4 Å². The number of unbranched alkanes of at least 4 members (excludes halogenated alkanes) is 7. The molecule has 3 heteroatoms. The molecule has 0 fully saturated rings. The van der Waals surface area contributed by atoms with E-state index in [0.717, 1.165) is 24.5 Å². The van der Waals surface area contributed by atoms with Crippen LogP contribution in [0.2, 0.25) is 0 Å². The molecule has 0 radical (unpaired) electrons. The fourth-order valence-corrected chi connectivity index (χ4v) is 1.99. The topological polar surface area (TPSA) is 35.2 Å². The largest absolute Gasteiger partial charge is 0.494 e. The lowest BCUT2D eigenvalue weighted by atomic mass is 10.1. The van der Waals surface area contributed by atoms with Gasteiger partial charge in [-0.1, -0.05) is 51.9 Å². The van der Waals surface area contributed by atoms with Crippen molar-refractivity contribution in [2.75, 3.05) is 12.3 Å². The van der Waals surface area contributed by atoms with Crippen LogP contribution in [0.25, 0.3) is 0 Å². The molecule has 0 bridgehead atoms. The van der Waals surface area contributed by atoms with Crippen LogP contribution in [-0.2, 0) is 0 Å². The van der Waals surface area contributed by atoms with Gasteiger partial charge in [0.1, 0.15) is 5.75 Å². The molecule has 0 aliphatic rings. The van der Waals surface area contributed by atoms with Crippen molar-refractivity contribution < 1.29 is 4.74 Å². The molecule has 110 valence electrons. The first kappa shape index (κ1) is 18.1. The second-order valence-electron chi connectivity index (χ2n) is 4.89. The summed E-state index contributed by atoms with van der Waals surface area (Å²) in [7, 11) is 0. The Morgan fingerprint density at radius 2 is 1.37 bits per heavy atom. The summed E-state index contributed by atoms with van der Waals surface area (Å²) in [6.07, 6.45) is 10.7. The number of rotatable bonds is 10. The second kappa shape index (κ2) is 12.2. The SMILES string of the molecule is CCCCCCCCCCOc1ccc(N)cc1.Cl. The van der Waals surface area contributed by atoms with Crippen molar-refractivity contribution in [2.45, 2.75) is 58.3 Å². The van der Waals surface area contributed by atoms with Crippen molar-refractivity contribution in [2.24, 2.45) is 0 Å². The molecule has 0 saturated carbocycles. The van der Waals surface area contributed by atoms with Gasteiger partial charge in [0.2, 0.25) is 0 Å². The van der Waals surface area contributed by atoms with Gasteiger partial charge in [0, 0.05) is 5.69 Å². The molecule has 0 amide bonds. The second-order valence-corrected chi connectivity index (χ2v) is 4.89. The van der Waals surface area contributed by atoms with Gasteiger partial charge in [-0.25, -0.2) is 0 Å². The summed E-state index contributed by atoms with van der Waals surface area (Å²) >= 11 is 0. The normalized spacial score (nSPS) is 9.95. The van der Waals surface area contributed by atoms with Crippen LogP contribution < -0.4 is 10.5 Å². The van der Waals surface area contributed by atoms with Gasteiger partial charge < -0.3 is 10.5 Å². The molecular formula is C16H28ClNO. The van der Waals surface area contributed by atoms with Gasteiger partial charge in [0.05, 0.1) is 6.61 Å². The van der Waals surface area contributed by atoms with Crippen LogP contribution in [0.3, 0.4) is 0 Å². The lowest BCUT2D eigenvalue weighted by Gasteiger charge is -2.06. The van der Waals surface area contributed by atoms with Crippen molar-refractivity contribution in [1.29, 1.82) is 0 Å². The fraction of sp³-hybridized carbons (Fsp3) is 0.625. The number of ether oxygens (including phenoxy) is 1. The average molecular weight is 286 g/mol. The van der Waals surface area contributed by atoms with E-state index in [2.05, 4.69) is 6.92 Å². The maximum atomic E-state index is 5.65. The van der Waals surface area contributed by atoms with Gasteiger partial charge in [0.15, 0.2) is 0 Å². The molecule has 0 saturated heterocycles. The number of hydrogen-bond acceptors (Lipinski definition) is 2. The Morgan fingerprint density at radius 1 is 0.842 bits per heavy atom. The van der Waals surface area contributed by atoms with Crippen molar-refractivity contribution in [3.8, 4) is 5.75 Å². The predicted octanol–water partition coefficient (Wildman–Crippen LogP) is 5.21. The van der Waals surface area contributed by atoms with E-state index >= 15 is 0 Å². The summed E-state index contributed by atoms with van der Waals surface area (Å²) in [6.45, 7) is 3.08. The van der Waals surface area contributed by atoms with Crippen LogP contribution in [0.5, 0.6) is 5.75 Å². The Labute approximate surface area is 124 Å². The number of nitrogens with two attached hydrogens (primary N) is 1. The molecular weight excluding hydrogens is 258 g/mol. The standard InChI is InChI=1S/C16H27NO.ClH/c1-2-3-4-5-6-7-8-9-14-18-16-12-10-15(17)11-13-16;/h10-13H,2-9,14,17H2,1H3;1H. The van der Waals surface area contributed by atoms with Crippen LogP contribution in [0.4, 0.5) is 5.69 Å². The number of benzene rings is 1. The number of halogens is 1. The van der Waals surface area contributed by atoms with E-state index in [0.29, 0.717) is 0 Å². The quantitative estimate of drug-likeness (QED) is 0.473. The first-order valence-corrected chi connectivity index (χ1v) is 7.31. The van der Waals surface area contributed by atoms with Crippen molar-refractivity contribution >= 4 is 18.1 Å². The fourth-order valence-electron chi connectivity index (χ4n) is 1.99. The molecule has 0 atom stereocenters. The maximum absolute atomic E-state index is 5.65. The Morgan fingerprint density at radius 3 is 1.95 bits per heavy atom. The summed E-state index contributed by atoms with van der Waals surface area (Å²) in [5.74, 6) is 0.923. The van der Waals surface area contributed by atoms with Gasteiger partial charge in [-0.3, -0.25) is 0 Å². The zero-order chi connectivity index (χ0) is 13.1. The van der Waals surface area contributed by atoms with Gasteiger partial charge in [-0.2, -0.15) is 0 Å². The van der Waals surface area contributed by atoms with E-state index in [4.69, 9.17) is 10.5 Å². The molecule has 19 heavy (non-hydrogen) atoms. The average Bonchev–Trinajstić information content (AvgIpc) is 2.39. The third-order valence-corrected chi connectivity index (χ3v) is 3.15. The third-order valence-electron chi connectivity index (χ3n) is 3.15. The molecule has 0 aliphatic carbocycles. The highest BCUT2D eigenvalue weighted by atomic mass is 35.5. The minimum Gasteiger partial charge on any atom is -0.494 e. The Balaban J connectivity index is 0.00000324. The highest BCUT2D eigenvalue weighted by Gasteiger charge is 1.94. The number of anilines is 1. The smallest absolute Gasteiger partial charge is 0.119 e. The summed E-state index contributed by atoms with van der Waals surface area (Å²) in [5, 5.41) is 0. The molecule has 0 heterocycles. The van der Waals surface area contributed by atoms with Gasteiger partial charge >= 0.3 is 0 Å². The maximum Gasteiger partial charge on any atom is 0.119 e. The van der Waals surface area contributed by atoms with Gasteiger partial charge in [0.25, 0.3) is 0 Å². The number of nitrogen functional groups attached to an aromatic ring is 1.